The van der Waals surface area contributed by atoms with Crippen LogP contribution in [0.5, 0.6) is 0 Å². The molecule has 1 aliphatic rings. The lowest BCUT2D eigenvalue weighted by molar-refractivity contribution is 0.544. The summed E-state index contributed by atoms with van der Waals surface area (Å²) in [6, 6.07) is 10.2. The molecule has 1 aromatic carbocycles. The molecule has 0 amide bonds. The lowest BCUT2D eigenvalue weighted by atomic mass is 10.2. The summed E-state index contributed by atoms with van der Waals surface area (Å²) in [6.45, 7) is 1.86. The van der Waals surface area contributed by atoms with E-state index in [0.29, 0.717) is 0 Å². The predicted molar refractivity (Wildman–Crippen MR) is 97.4 cm³/mol. The molecule has 1 saturated carbocycles. The molecular weight excluding hydrogens is 377 g/mol. The van der Waals surface area contributed by atoms with E-state index in [2.05, 4.69) is 27.8 Å². The largest absolute Gasteiger partial charge is 0.461 e. The van der Waals surface area contributed by atoms with Gasteiger partial charge in [0.2, 0.25) is 0 Å². The number of halogens is 1. The standard InChI is InChI=1S/C16H21N3O.HI/c1-17-16(19-11-12-6-7-12)18-9-8-14-10-13-4-2-3-5-15(13)20-14;/h2-5,10,12H,6-9,11H2,1H3,(H2,17,18,19);1H. The number of nitrogens with one attached hydrogen (secondary N) is 2. The Balaban J connectivity index is 0.00000161. The number of hydrogen-bond donors (Lipinski definition) is 2. The Bertz CT molecular complexity index is 571. The van der Waals surface area contributed by atoms with E-state index in [4.69, 9.17) is 4.42 Å². The number of para-hydroxylation sites is 1. The SMILES string of the molecule is CN=C(NCCc1cc2ccccc2o1)NCC1CC1.I. The molecule has 1 aliphatic carbocycles. The van der Waals surface area contributed by atoms with E-state index in [1.54, 1.807) is 0 Å². The van der Waals surface area contributed by atoms with Gasteiger partial charge in [-0.2, -0.15) is 0 Å². The first-order valence-corrected chi connectivity index (χ1v) is 7.27. The highest BCUT2D eigenvalue weighted by atomic mass is 127. The Kier molecular flexibility index (Phi) is 5.90. The molecule has 5 heteroatoms. The van der Waals surface area contributed by atoms with E-state index < -0.39 is 0 Å². The zero-order chi connectivity index (χ0) is 13.8. The highest BCUT2D eigenvalue weighted by molar-refractivity contribution is 14.0. The van der Waals surface area contributed by atoms with Gasteiger partial charge in [0.05, 0.1) is 0 Å². The lowest BCUT2D eigenvalue weighted by Crippen LogP contribution is -2.39. The zero-order valence-corrected chi connectivity index (χ0v) is 14.6. The van der Waals surface area contributed by atoms with Gasteiger partial charge in [-0.25, -0.2) is 0 Å². The normalized spacial score (nSPS) is 14.8. The molecule has 1 aromatic heterocycles. The number of fused-ring (bicyclic) bond motifs is 1. The third-order valence-electron chi connectivity index (χ3n) is 3.62. The van der Waals surface area contributed by atoms with Gasteiger partial charge < -0.3 is 15.1 Å². The molecule has 2 aromatic rings. The second-order valence-electron chi connectivity index (χ2n) is 5.32. The molecule has 1 heterocycles. The summed E-state index contributed by atoms with van der Waals surface area (Å²) in [6.07, 6.45) is 3.56. The first-order valence-electron chi connectivity index (χ1n) is 7.27. The van der Waals surface area contributed by atoms with Crippen molar-refractivity contribution in [1.82, 2.24) is 10.6 Å². The summed E-state index contributed by atoms with van der Waals surface area (Å²) in [5, 5.41) is 7.84. The van der Waals surface area contributed by atoms with Crippen LogP contribution in [0.4, 0.5) is 0 Å². The van der Waals surface area contributed by atoms with Crippen LogP contribution in [0.2, 0.25) is 0 Å². The maximum atomic E-state index is 5.79. The number of furan rings is 1. The van der Waals surface area contributed by atoms with Crippen molar-refractivity contribution in [2.45, 2.75) is 19.3 Å². The number of benzene rings is 1. The van der Waals surface area contributed by atoms with E-state index in [1.807, 2.05) is 25.2 Å². The van der Waals surface area contributed by atoms with E-state index in [0.717, 1.165) is 42.7 Å². The van der Waals surface area contributed by atoms with Crippen molar-refractivity contribution in [3.8, 4) is 0 Å². The molecule has 2 N–H and O–H groups in total. The molecule has 0 spiro atoms. The second kappa shape index (κ2) is 7.68. The maximum absolute atomic E-state index is 5.79. The number of aliphatic imine (C=N–C) groups is 1. The number of guanidine groups is 1. The fourth-order valence-corrected chi connectivity index (χ4v) is 2.25. The van der Waals surface area contributed by atoms with Gasteiger partial charge in [-0.05, 0) is 30.9 Å². The molecule has 1 fully saturated rings. The summed E-state index contributed by atoms with van der Waals surface area (Å²) in [4.78, 5) is 4.23. The van der Waals surface area contributed by atoms with Crippen LogP contribution in [0, 0.1) is 5.92 Å². The molecule has 114 valence electrons. The van der Waals surface area contributed by atoms with Crippen LogP contribution < -0.4 is 10.6 Å². The highest BCUT2D eigenvalue weighted by Crippen LogP contribution is 2.27. The van der Waals surface area contributed by atoms with Gasteiger partial charge >= 0.3 is 0 Å². The van der Waals surface area contributed by atoms with Crippen molar-refractivity contribution in [1.29, 1.82) is 0 Å². The van der Waals surface area contributed by atoms with E-state index in [-0.39, 0.29) is 24.0 Å². The molecule has 0 unspecified atom stereocenters. The quantitative estimate of drug-likeness (QED) is 0.462. The zero-order valence-electron chi connectivity index (χ0n) is 12.3. The van der Waals surface area contributed by atoms with Gasteiger partial charge in [0, 0.05) is 31.9 Å². The number of nitrogens with zero attached hydrogens (tertiary/aromatic N) is 1. The fourth-order valence-electron chi connectivity index (χ4n) is 2.25. The molecule has 0 bridgehead atoms. The third kappa shape index (κ3) is 4.62. The van der Waals surface area contributed by atoms with Crippen molar-refractivity contribution in [2.24, 2.45) is 10.9 Å². The van der Waals surface area contributed by atoms with Gasteiger partial charge in [0.25, 0.3) is 0 Å². The number of rotatable bonds is 5. The topological polar surface area (TPSA) is 49.6 Å². The van der Waals surface area contributed by atoms with Crippen LogP contribution in [-0.4, -0.2) is 26.1 Å². The smallest absolute Gasteiger partial charge is 0.190 e. The van der Waals surface area contributed by atoms with E-state index in [9.17, 15) is 0 Å². The van der Waals surface area contributed by atoms with Crippen molar-refractivity contribution in [3.63, 3.8) is 0 Å². The first-order chi connectivity index (χ1) is 9.85. The lowest BCUT2D eigenvalue weighted by Gasteiger charge is -2.10. The van der Waals surface area contributed by atoms with Gasteiger partial charge in [-0.1, -0.05) is 18.2 Å². The van der Waals surface area contributed by atoms with Crippen molar-refractivity contribution in [2.75, 3.05) is 20.1 Å². The van der Waals surface area contributed by atoms with E-state index >= 15 is 0 Å². The highest BCUT2D eigenvalue weighted by Gasteiger charge is 2.20. The summed E-state index contributed by atoms with van der Waals surface area (Å²) in [5.41, 5.74) is 0.957. The van der Waals surface area contributed by atoms with Crippen LogP contribution in [0.1, 0.15) is 18.6 Å². The van der Waals surface area contributed by atoms with Crippen molar-refractivity contribution in [3.05, 3.63) is 36.1 Å². The predicted octanol–water partition coefficient (Wildman–Crippen LogP) is 3.17. The second-order valence-corrected chi connectivity index (χ2v) is 5.32. The first kappa shape index (κ1) is 16.1. The molecule has 0 aliphatic heterocycles. The monoisotopic (exact) mass is 399 g/mol. The van der Waals surface area contributed by atoms with Crippen molar-refractivity contribution >= 4 is 40.9 Å². The Morgan fingerprint density at radius 3 is 2.81 bits per heavy atom. The van der Waals surface area contributed by atoms with Gasteiger partial charge in [0.1, 0.15) is 11.3 Å². The van der Waals surface area contributed by atoms with Crippen LogP contribution in [0.25, 0.3) is 11.0 Å². The van der Waals surface area contributed by atoms with Gasteiger partial charge in [0.15, 0.2) is 5.96 Å². The van der Waals surface area contributed by atoms with E-state index in [1.165, 1.54) is 18.2 Å². The Morgan fingerprint density at radius 2 is 2.10 bits per heavy atom. The molecule has 0 atom stereocenters. The molecule has 3 rings (SSSR count). The fraction of sp³-hybridized carbons (Fsp3) is 0.438. The third-order valence-corrected chi connectivity index (χ3v) is 3.62. The van der Waals surface area contributed by atoms with Crippen LogP contribution in [0.15, 0.2) is 39.7 Å². The average molecular weight is 399 g/mol. The molecule has 0 saturated heterocycles. The van der Waals surface area contributed by atoms with Gasteiger partial charge in [-0.15, -0.1) is 24.0 Å². The minimum Gasteiger partial charge on any atom is -0.461 e. The van der Waals surface area contributed by atoms with Crippen LogP contribution in [-0.2, 0) is 6.42 Å². The van der Waals surface area contributed by atoms with Crippen LogP contribution in [0.3, 0.4) is 0 Å². The molecular formula is C16H22IN3O. The summed E-state index contributed by atoms with van der Waals surface area (Å²) < 4.78 is 5.79. The van der Waals surface area contributed by atoms with Crippen LogP contribution >= 0.6 is 24.0 Å². The summed E-state index contributed by atoms with van der Waals surface area (Å²) in [5.74, 6) is 2.74. The number of hydrogen-bond acceptors (Lipinski definition) is 2. The van der Waals surface area contributed by atoms with Gasteiger partial charge in [-0.3, -0.25) is 4.99 Å². The van der Waals surface area contributed by atoms with Crippen molar-refractivity contribution < 1.29 is 4.42 Å². The Hall–Kier alpha value is -1.24. The molecule has 0 radical (unpaired) electrons. The minimum atomic E-state index is 0. The molecule has 21 heavy (non-hydrogen) atoms. The molecule has 4 nitrogen and oxygen atoms in total. The summed E-state index contributed by atoms with van der Waals surface area (Å²) >= 11 is 0. The average Bonchev–Trinajstić information content (AvgIpc) is 3.20. The minimum absolute atomic E-state index is 0. The Labute approximate surface area is 142 Å². The summed E-state index contributed by atoms with van der Waals surface area (Å²) in [7, 11) is 1.81. The Morgan fingerprint density at radius 1 is 1.29 bits per heavy atom. The maximum Gasteiger partial charge on any atom is 0.190 e.